The van der Waals surface area contributed by atoms with Crippen LogP contribution in [-0.4, -0.2) is 35.0 Å². The number of rotatable bonds is 3. The Balaban J connectivity index is 2.04. The van der Waals surface area contributed by atoms with Crippen LogP contribution in [0.2, 0.25) is 0 Å². The van der Waals surface area contributed by atoms with Crippen LogP contribution in [0.25, 0.3) is 0 Å². The van der Waals surface area contributed by atoms with Gasteiger partial charge in [0.15, 0.2) is 0 Å². The molecule has 0 spiro atoms. The third-order valence-corrected chi connectivity index (χ3v) is 3.16. The number of non-ortho nitro benzene ring substituents is 1. The first-order valence-electron chi connectivity index (χ1n) is 6.26. The van der Waals surface area contributed by atoms with E-state index in [4.69, 9.17) is 0 Å². The molecule has 0 saturated carbocycles. The number of nitro groups is 1. The summed E-state index contributed by atoms with van der Waals surface area (Å²) in [7, 11) is 0. The molecule has 1 aromatic rings. The fourth-order valence-electron chi connectivity index (χ4n) is 2.60. The molecule has 2 atom stereocenters. The summed E-state index contributed by atoms with van der Waals surface area (Å²) in [6.45, 7) is 7.06. The van der Waals surface area contributed by atoms with E-state index < -0.39 is 0 Å². The molecular weight excluding hydrogens is 230 g/mol. The normalized spacial score (nSPS) is 25.0. The summed E-state index contributed by atoms with van der Waals surface area (Å²) in [5, 5.41) is 14.2. The molecule has 1 aliphatic heterocycles. The zero-order chi connectivity index (χ0) is 13.1. The van der Waals surface area contributed by atoms with Crippen molar-refractivity contribution in [3.05, 3.63) is 39.9 Å². The van der Waals surface area contributed by atoms with Crippen molar-refractivity contribution in [3.8, 4) is 0 Å². The minimum absolute atomic E-state index is 0.170. The third kappa shape index (κ3) is 3.27. The average Bonchev–Trinajstić information content (AvgIpc) is 2.27. The van der Waals surface area contributed by atoms with Gasteiger partial charge in [-0.25, -0.2) is 0 Å². The lowest BCUT2D eigenvalue weighted by Crippen LogP contribution is -2.53. The maximum atomic E-state index is 10.7. The average molecular weight is 249 g/mol. The molecule has 0 aromatic heterocycles. The molecule has 1 saturated heterocycles. The van der Waals surface area contributed by atoms with Gasteiger partial charge in [-0.1, -0.05) is 12.1 Å². The van der Waals surface area contributed by atoms with Gasteiger partial charge in [0.25, 0.3) is 5.69 Å². The fourth-order valence-corrected chi connectivity index (χ4v) is 2.60. The van der Waals surface area contributed by atoms with Crippen LogP contribution in [0.1, 0.15) is 19.4 Å². The Hall–Kier alpha value is -1.46. The number of hydrogen-bond acceptors (Lipinski definition) is 4. The molecule has 1 heterocycles. The number of nitrogens with zero attached hydrogens (tertiary/aromatic N) is 2. The van der Waals surface area contributed by atoms with Crippen LogP contribution < -0.4 is 5.32 Å². The first-order chi connectivity index (χ1) is 8.54. The summed E-state index contributed by atoms with van der Waals surface area (Å²) in [4.78, 5) is 12.7. The van der Waals surface area contributed by atoms with E-state index in [-0.39, 0.29) is 10.6 Å². The molecule has 2 unspecified atom stereocenters. The second-order valence-corrected chi connectivity index (χ2v) is 5.09. The number of piperazine rings is 1. The predicted molar refractivity (Wildman–Crippen MR) is 70.4 cm³/mol. The molecule has 98 valence electrons. The van der Waals surface area contributed by atoms with Crippen molar-refractivity contribution < 1.29 is 4.92 Å². The standard InChI is InChI=1S/C13H19N3O2/c1-10-7-15(8-11(2)14-10)9-12-4-3-5-13(6-12)16(17)18/h3-6,10-11,14H,7-9H2,1-2H3. The molecule has 0 amide bonds. The van der Waals surface area contributed by atoms with Crippen molar-refractivity contribution in [2.75, 3.05) is 13.1 Å². The Morgan fingerprint density at radius 2 is 2.06 bits per heavy atom. The third-order valence-electron chi connectivity index (χ3n) is 3.16. The summed E-state index contributed by atoms with van der Waals surface area (Å²) in [5.41, 5.74) is 1.18. The van der Waals surface area contributed by atoms with E-state index in [1.54, 1.807) is 12.1 Å². The van der Waals surface area contributed by atoms with Gasteiger partial charge in [0.2, 0.25) is 0 Å². The number of nitrogens with one attached hydrogen (secondary N) is 1. The van der Waals surface area contributed by atoms with Crippen molar-refractivity contribution in [3.63, 3.8) is 0 Å². The summed E-state index contributed by atoms with van der Waals surface area (Å²) in [6, 6.07) is 7.83. The van der Waals surface area contributed by atoms with Crippen molar-refractivity contribution in [2.45, 2.75) is 32.5 Å². The summed E-state index contributed by atoms with van der Waals surface area (Å²) >= 11 is 0. The molecular formula is C13H19N3O2. The highest BCUT2D eigenvalue weighted by atomic mass is 16.6. The molecule has 1 N–H and O–H groups in total. The van der Waals surface area contributed by atoms with Crippen LogP contribution >= 0.6 is 0 Å². The van der Waals surface area contributed by atoms with Gasteiger partial charge >= 0.3 is 0 Å². The smallest absolute Gasteiger partial charge is 0.269 e. The monoisotopic (exact) mass is 249 g/mol. The van der Waals surface area contributed by atoms with Crippen LogP contribution in [0.5, 0.6) is 0 Å². The maximum Gasteiger partial charge on any atom is 0.269 e. The van der Waals surface area contributed by atoms with Crippen LogP contribution in [-0.2, 0) is 6.54 Å². The van der Waals surface area contributed by atoms with E-state index in [1.807, 2.05) is 6.07 Å². The molecule has 2 rings (SSSR count). The second kappa shape index (κ2) is 5.46. The van der Waals surface area contributed by atoms with E-state index >= 15 is 0 Å². The van der Waals surface area contributed by atoms with Gasteiger partial charge in [-0.05, 0) is 19.4 Å². The largest absolute Gasteiger partial charge is 0.309 e. The van der Waals surface area contributed by atoms with Gasteiger partial charge in [-0.2, -0.15) is 0 Å². The Morgan fingerprint density at radius 1 is 1.39 bits per heavy atom. The van der Waals surface area contributed by atoms with Gasteiger partial charge < -0.3 is 5.32 Å². The topological polar surface area (TPSA) is 58.4 Å². The van der Waals surface area contributed by atoms with E-state index in [2.05, 4.69) is 24.1 Å². The van der Waals surface area contributed by atoms with Crippen molar-refractivity contribution in [1.29, 1.82) is 0 Å². The minimum Gasteiger partial charge on any atom is -0.309 e. The summed E-state index contributed by atoms with van der Waals surface area (Å²) in [6.07, 6.45) is 0. The highest BCUT2D eigenvalue weighted by Gasteiger charge is 2.21. The Kier molecular flexibility index (Phi) is 3.93. The van der Waals surface area contributed by atoms with E-state index in [0.717, 1.165) is 25.2 Å². The Bertz CT molecular complexity index is 426. The van der Waals surface area contributed by atoms with Gasteiger partial charge in [-0.15, -0.1) is 0 Å². The molecule has 1 aliphatic rings. The molecule has 0 bridgehead atoms. The summed E-state index contributed by atoms with van der Waals surface area (Å²) in [5.74, 6) is 0. The van der Waals surface area contributed by atoms with Gasteiger partial charge in [-0.3, -0.25) is 15.0 Å². The van der Waals surface area contributed by atoms with Crippen molar-refractivity contribution >= 4 is 5.69 Å². The van der Waals surface area contributed by atoms with E-state index in [0.29, 0.717) is 12.1 Å². The van der Waals surface area contributed by atoms with E-state index in [1.165, 1.54) is 6.07 Å². The van der Waals surface area contributed by atoms with Crippen LogP contribution in [0.15, 0.2) is 24.3 Å². The van der Waals surface area contributed by atoms with Crippen LogP contribution in [0, 0.1) is 10.1 Å². The fraction of sp³-hybridized carbons (Fsp3) is 0.538. The Morgan fingerprint density at radius 3 is 2.67 bits per heavy atom. The second-order valence-electron chi connectivity index (χ2n) is 5.09. The lowest BCUT2D eigenvalue weighted by molar-refractivity contribution is -0.384. The lowest BCUT2D eigenvalue weighted by Gasteiger charge is -2.36. The SMILES string of the molecule is CC1CN(Cc2cccc([N+](=O)[O-])c2)CC(C)N1. The first kappa shape index (κ1) is 13.0. The number of hydrogen-bond donors (Lipinski definition) is 1. The molecule has 1 fully saturated rings. The zero-order valence-electron chi connectivity index (χ0n) is 10.8. The Labute approximate surface area is 107 Å². The number of nitro benzene ring substituents is 1. The molecule has 5 nitrogen and oxygen atoms in total. The van der Waals surface area contributed by atoms with Crippen molar-refractivity contribution in [2.24, 2.45) is 0 Å². The quantitative estimate of drug-likeness (QED) is 0.655. The molecule has 0 aliphatic carbocycles. The van der Waals surface area contributed by atoms with Gasteiger partial charge in [0.1, 0.15) is 0 Å². The highest BCUT2D eigenvalue weighted by Crippen LogP contribution is 2.16. The van der Waals surface area contributed by atoms with Gasteiger partial charge in [0.05, 0.1) is 4.92 Å². The summed E-state index contributed by atoms with van der Waals surface area (Å²) < 4.78 is 0. The predicted octanol–water partition coefficient (Wildman–Crippen LogP) is 1.78. The van der Waals surface area contributed by atoms with Crippen molar-refractivity contribution in [1.82, 2.24) is 10.2 Å². The maximum absolute atomic E-state index is 10.7. The van der Waals surface area contributed by atoms with Crippen LogP contribution in [0.3, 0.4) is 0 Å². The zero-order valence-corrected chi connectivity index (χ0v) is 10.8. The molecule has 5 heteroatoms. The van der Waals surface area contributed by atoms with E-state index in [9.17, 15) is 10.1 Å². The van der Waals surface area contributed by atoms with Crippen LogP contribution in [0.4, 0.5) is 5.69 Å². The molecule has 18 heavy (non-hydrogen) atoms. The molecule has 0 radical (unpaired) electrons. The first-order valence-corrected chi connectivity index (χ1v) is 6.26. The minimum atomic E-state index is -0.341. The molecule has 1 aromatic carbocycles. The number of benzene rings is 1. The lowest BCUT2D eigenvalue weighted by atomic mass is 10.1. The van der Waals surface area contributed by atoms with Gasteiger partial charge in [0, 0.05) is 43.9 Å². The highest BCUT2D eigenvalue weighted by molar-refractivity contribution is 5.34.